The molecule has 0 unspecified atom stereocenters. The summed E-state index contributed by atoms with van der Waals surface area (Å²) in [5.74, 6) is 0.352. The van der Waals surface area contributed by atoms with Crippen LogP contribution in [0.2, 0.25) is 0 Å². The highest BCUT2D eigenvalue weighted by molar-refractivity contribution is 7.15. The van der Waals surface area contributed by atoms with Crippen molar-refractivity contribution in [3.63, 3.8) is 0 Å². The van der Waals surface area contributed by atoms with Crippen molar-refractivity contribution < 1.29 is 9.18 Å². The average Bonchev–Trinajstić information content (AvgIpc) is 3.03. The van der Waals surface area contributed by atoms with Crippen molar-refractivity contribution in [3.8, 4) is 0 Å². The Hall–Kier alpha value is -1.86. The van der Waals surface area contributed by atoms with E-state index in [1.54, 1.807) is 18.2 Å². The van der Waals surface area contributed by atoms with Gasteiger partial charge in [-0.15, -0.1) is 10.2 Å². The lowest BCUT2D eigenvalue weighted by atomic mass is 9.93. The van der Waals surface area contributed by atoms with E-state index >= 15 is 0 Å². The van der Waals surface area contributed by atoms with Gasteiger partial charge in [0.2, 0.25) is 11.0 Å². The van der Waals surface area contributed by atoms with E-state index in [2.05, 4.69) is 20.8 Å². The summed E-state index contributed by atoms with van der Waals surface area (Å²) in [5, 5.41) is 15.3. The molecule has 1 aromatic heterocycles. The molecule has 1 aliphatic rings. The minimum Gasteiger partial charge on any atom is -0.317 e. The van der Waals surface area contributed by atoms with Crippen molar-refractivity contribution in [1.82, 2.24) is 15.5 Å². The third-order valence-electron chi connectivity index (χ3n) is 4.25. The highest BCUT2D eigenvalue weighted by Gasteiger charge is 2.15. The van der Waals surface area contributed by atoms with Crippen LogP contribution in [0, 0.1) is 11.7 Å². The van der Waals surface area contributed by atoms with Crippen LogP contribution in [0.4, 0.5) is 9.52 Å². The molecule has 1 aliphatic heterocycles. The van der Waals surface area contributed by atoms with E-state index in [9.17, 15) is 9.18 Å². The number of hydrogen-bond donors (Lipinski definition) is 2. The number of benzene rings is 1. The van der Waals surface area contributed by atoms with Gasteiger partial charge in [-0.05, 0) is 49.9 Å². The molecule has 0 saturated carbocycles. The van der Waals surface area contributed by atoms with Crippen molar-refractivity contribution in [1.29, 1.82) is 0 Å². The van der Waals surface area contributed by atoms with E-state index in [1.165, 1.54) is 17.4 Å². The van der Waals surface area contributed by atoms with Gasteiger partial charge in [-0.25, -0.2) is 4.39 Å². The van der Waals surface area contributed by atoms with Gasteiger partial charge >= 0.3 is 0 Å². The van der Waals surface area contributed by atoms with Gasteiger partial charge in [-0.2, -0.15) is 0 Å². The minimum atomic E-state index is -0.250. The number of halogens is 1. The molecule has 7 heteroatoms. The Labute approximate surface area is 144 Å². The van der Waals surface area contributed by atoms with Crippen LogP contribution < -0.4 is 10.6 Å². The van der Waals surface area contributed by atoms with Gasteiger partial charge < -0.3 is 10.6 Å². The van der Waals surface area contributed by atoms with E-state index in [0.29, 0.717) is 34.5 Å². The first kappa shape index (κ1) is 17.0. The lowest BCUT2D eigenvalue weighted by Crippen LogP contribution is -2.28. The molecule has 128 valence electrons. The van der Waals surface area contributed by atoms with Crippen LogP contribution >= 0.6 is 11.3 Å². The van der Waals surface area contributed by atoms with Gasteiger partial charge in [-0.1, -0.05) is 29.5 Å². The molecule has 0 atom stereocenters. The van der Waals surface area contributed by atoms with Crippen molar-refractivity contribution >= 4 is 22.4 Å². The second-order valence-electron chi connectivity index (χ2n) is 6.05. The van der Waals surface area contributed by atoms with Crippen LogP contribution in [0.1, 0.15) is 36.3 Å². The maximum absolute atomic E-state index is 13.7. The number of piperidine rings is 1. The number of carbonyl (C=O) groups excluding carboxylic acids is 1. The number of nitrogens with one attached hydrogen (secondary N) is 2. The van der Waals surface area contributed by atoms with Crippen LogP contribution in [-0.4, -0.2) is 29.2 Å². The summed E-state index contributed by atoms with van der Waals surface area (Å²) in [4.78, 5) is 12.0. The number of hydrogen-bond acceptors (Lipinski definition) is 5. The SMILES string of the molecule is O=C(CCC1CCNCC1)Nc1nnc(Cc2ccccc2F)s1. The zero-order chi connectivity index (χ0) is 16.8. The van der Waals surface area contributed by atoms with Crippen LogP contribution in [0.15, 0.2) is 24.3 Å². The molecule has 0 spiro atoms. The number of rotatable bonds is 6. The molecule has 0 aliphatic carbocycles. The van der Waals surface area contributed by atoms with Crippen LogP contribution in [0.25, 0.3) is 0 Å². The molecule has 1 saturated heterocycles. The molecule has 1 fully saturated rings. The average molecular weight is 348 g/mol. The highest BCUT2D eigenvalue weighted by Crippen LogP contribution is 2.21. The Bertz CT molecular complexity index is 685. The molecular weight excluding hydrogens is 327 g/mol. The van der Waals surface area contributed by atoms with Gasteiger partial charge in [0.1, 0.15) is 10.8 Å². The van der Waals surface area contributed by atoms with E-state index in [-0.39, 0.29) is 11.7 Å². The lowest BCUT2D eigenvalue weighted by molar-refractivity contribution is -0.116. The standard InChI is InChI=1S/C17H21FN4OS/c18-14-4-2-1-3-13(14)11-16-21-22-17(24-16)20-15(23)6-5-12-7-9-19-10-8-12/h1-4,12,19H,5-11H2,(H,20,22,23). The van der Waals surface area contributed by atoms with Crippen LogP contribution in [-0.2, 0) is 11.2 Å². The molecule has 0 radical (unpaired) electrons. The van der Waals surface area contributed by atoms with Gasteiger partial charge in [0.25, 0.3) is 0 Å². The molecule has 3 rings (SSSR count). The molecule has 1 amide bonds. The second kappa shape index (κ2) is 8.30. The molecule has 1 aromatic carbocycles. The summed E-state index contributed by atoms with van der Waals surface area (Å²) < 4.78 is 13.7. The molecule has 2 heterocycles. The summed E-state index contributed by atoms with van der Waals surface area (Å²) >= 11 is 1.30. The maximum Gasteiger partial charge on any atom is 0.226 e. The van der Waals surface area contributed by atoms with Crippen molar-refractivity contribution in [2.24, 2.45) is 5.92 Å². The van der Waals surface area contributed by atoms with Gasteiger partial charge in [0.05, 0.1) is 0 Å². The summed E-state index contributed by atoms with van der Waals surface area (Å²) in [5.41, 5.74) is 0.581. The first-order valence-corrected chi connectivity index (χ1v) is 9.08. The molecule has 24 heavy (non-hydrogen) atoms. The van der Waals surface area contributed by atoms with Gasteiger partial charge in [0.15, 0.2) is 0 Å². The highest BCUT2D eigenvalue weighted by atomic mass is 32.1. The van der Waals surface area contributed by atoms with Crippen LogP contribution in [0.3, 0.4) is 0 Å². The van der Waals surface area contributed by atoms with Crippen LogP contribution in [0.5, 0.6) is 0 Å². The smallest absolute Gasteiger partial charge is 0.226 e. The Morgan fingerprint density at radius 2 is 2.08 bits per heavy atom. The molecule has 5 nitrogen and oxygen atoms in total. The largest absolute Gasteiger partial charge is 0.317 e. The summed E-state index contributed by atoms with van der Waals surface area (Å²) in [7, 11) is 0. The topological polar surface area (TPSA) is 66.9 Å². The predicted octanol–water partition coefficient (Wildman–Crippen LogP) is 2.99. The fraction of sp³-hybridized carbons (Fsp3) is 0.471. The Morgan fingerprint density at radius 3 is 2.88 bits per heavy atom. The lowest BCUT2D eigenvalue weighted by Gasteiger charge is -2.21. The van der Waals surface area contributed by atoms with Crippen molar-refractivity contribution in [2.45, 2.75) is 32.1 Å². The minimum absolute atomic E-state index is 0.0258. The molecular formula is C17H21FN4OS. The zero-order valence-electron chi connectivity index (χ0n) is 13.4. The summed E-state index contributed by atoms with van der Waals surface area (Å²) in [6.07, 6.45) is 4.08. The first-order valence-electron chi connectivity index (χ1n) is 8.27. The summed E-state index contributed by atoms with van der Waals surface area (Å²) in [6.45, 7) is 2.09. The Balaban J connectivity index is 1.48. The van der Waals surface area contributed by atoms with Gasteiger partial charge in [-0.3, -0.25) is 4.79 Å². The second-order valence-corrected chi connectivity index (χ2v) is 7.11. The Kier molecular flexibility index (Phi) is 5.87. The number of nitrogens with zero attached hydrogens (tertiary/aromatic N) is 2. The number of amides is 1. The maximum atomic E-state index is 13.7. The number of carbonyl (C=O) groups is 1. The van der Waals surface area contributed by atoms with Gasteiger partial charge in [0, 0.05) is 12.8 Å². The Morgan fingerprint density at radius 1 is 1.29 bits per heavy atom. The normalized spacial score (nSPS) is 15.4. The first-order chi connectivity index (χ1) is 11.7. The number of aromatic nitrogens is 2. The molecule has 2 N–H and O–H groups in total. The monoisotopic (exact) mass is 348 g/mol. The van der Waals surface area contributed by atoms with E-state index in [1.807, 2.05) is 0 Å². The van der Waals surface area contributed by atoms with E-state index in [4.69, 9.17) is 0 Å². The number of anilines is 1. The molecule has 2 aromatic rings. The summed E-state index contributed by atoms with van der Waals surface area (Å²) in [6, 6.07) is 6.61. The van der Waals surface area contributed by atoms with Crippen molar-refractivity contribution in [2.75, 3.05) is 18.4 Å². The zero-order valence-corrected chi connectivity index (χ0v) is 14.2. The molecule has 0 bridgehead atoms. The fourth-order valence-corrected chi connectivity index (χ4v) is 3.65. The van der Waals surface area contributed by atoms with Crippen molar-refractivity contribution in [3.05, 3.63) is 40.7 Å². The third-order valence-corrected chi connectivity index (χ3v) is 5.09. The van der Waals surface area contributed by atoms with E-state index in [0.717, 1.165) is 32.4 Å². The van der Waals surface area contributed by atoms with E-state index < -0.39 is 0 Å². The quantitative estimate of drug-likeness (QED) is 0.842. The fourth-order valence-electron chi connectivity index (χ4n) is 2.87. The third kappa shape index (κ3) is 4.82. The predicted molar refractivity (Wildman–Crippen MR) is 92.6 cm³/mol.